The molecule has 1 aromatic carbocycles. The zero-order chi connectivity index (χ0) is 14.7. The Bertz CT molecular complexity index is 470. The van der Waals surface area contributed by atoms with Crippen LogP contribution in [0.5, 0.6) is 0 Å². The van der Waals surface area contributed by atoms with E-state index in [1.807, 2.05) is 6.07 Å². The van der Waals surface area contributed by atoms with Crippen LogP contribution in [-0.4, -0.2) is 18.6 Å². The summed E-state index contributed by atoms with van der Waals surface area (Å²) in [6, 6.07) is 6.60. The molecule has 2 fully saturated rings. The summed E-state index contributed by atoms with van der Waals surface area (Å²) in [5.41, 5.74) is 2.38. The predicted molar refractivity (Wildman–Crippen MR) is 86.2 cm³/mol. The molecular weight excluding hydrogens is 263 g/mol. The van der Waals surface area contributed by atoms with Gasteiger partial charge in [0, 0.05) is 30.9 Å². The summed E-state index contributed by atoms with van der Waals surface area (Å²) in [7, 11) is 0. The molecule has 0 bridgehead atoms. The third kappa shape index (κ3) is 3.76. The van der Waals surface area contributed by atoms with Gasteiger partial charge in [0.15, 0.2) is 0 Å². The Balaban J connectivity index is 1.83. The molecule has 3 rings (SSSR count). The number of rotatable bonds is 5. The van der Waals surface area contributed by atoms with Gasteiger partial charge in [-0.3, -0.25) is 0 Å². The topological polar surface area (TPSA) is 15.3 Å². The van der Waals surface area contributed by atoms with Crippen LogP contribution in [0.1, 0.15) is 57.4 Å². The number of hydrogen-bond acceptors (Lipinski definition) is 2. The summed E-state index contributed by atoms with van der Waals surface area (Å²) in [5, 5.41) is 3.53. The first-order chi connectivity index (χ1) is 10.3. The van der Waals surface area contributed by atoms with Gasteiger partial charge in [-0.2, -0.15) is 0 Å². The van der Waals surface area contributed by atoms with Crippen LogP contribution in [-0.2, 0) is 6.54 Å². The zero-order valence-electron chi connectivity index (χ0n) is 13.1. The number of nitrogens with zero attached hydrogens (tertiary/aromatic N) is 1. The van der Waals surface area contributed by atoms with Gasteiger partial charge < -0.3 is 10.2 Å². The monoisotopic (exact) mass is 290 g/mol. The minimum Gasteiger partial charge on any atom is -0.368 e. The van der Waals surface area contributed by atoms with Crippen LogP contribution in [0.3, 0.4) is 0 Å². The third-order valence-corrected chi connectivity index (χ3v) is 4.86. The summed E-state index contributed by atoms with van der Waals surface area (Å²) in [6.45, 7) is 4.18. The Kier molecular flexibility index (Phi) is 4.79. The molecule has 0 spiro atoms. The largest absolute Gasteiger partial charge is 0.368 e. The van der Waals surface area contributed by atoms with Crippen LogP contribution in [0.4, 0.5) is 10.1 Å². The molecule has 1 heterocycles. The minimum absolute atomic E-state index is 0.116. The molecule has 116 valence electrons. The fraction of sp³-hybridized carbons (Fsp3) is 0.667. The number of nitrogens with one attached hydrogen (secondary N) is 1. The van der Waals surface area contributed by atoms with E-state index < -0.39 is 0 Å². The van der Waals surface area contributed by atoms with Crippen molar-refractivity contribution in [2.24, 2.45) is 0 Å². The molecule has 1 unspecified atom stereocenters. The number of hydrogen-bond donors (Lipinski definition) is 1. The highest BCUT2D eigenvalue weighted by Crippen LogP contribution is 2.30. The second kappa shape index (κ2) is 6.78. The van der Waals surface area contributed by atoms with E-state index >= 15 is 0 Å². The van der Waals surface area contributed by atoms with Gasteiger partial charge in [0.1, 0.15) is 5.82 Å². The van der Waals surface area contributed by atoms with Crippen molar-refractivity contribution in [1.82, 2.24) is 5.32 Å². The first-order valence-corrected chi connectivity index (χ1v) is 8.56. The standard InChI is InChI=1S/C18H27FN2/c1-2-17-6-4-3-5-11-21(17)18-10-7-15(19)12-14(18)13-20-16-8-9-16/h7,10,12,16-17,20H,2-6,8-9,11,13H2,1H3. The molecule has 1 N–H and O–H groups in total. The van der Waals surface area contributed by atoms with Crippen LogP contribution in [0.15, 0.2) is 18.2 Å². The van der Waals surface area contributed by atoms with Crippen molar-refractivity contribution in [3.8, 4) is 0 Å². The van der Waals surface area contributed by atoms with E-state index in [9.17, 15) is 4.39 Å². The van der Waals surface area contributed by atoms with Crippen molar-refractivity contribution in [1.29, 1.82) is 0 Å². The fourth-order valence-corrected chi connectivity index (χ4v) is 3.44. The molecule has 1 saturated carbocycles. The van der Waals surface area contributed by atoms with Crippen LogP contribution in [0, 0.1) is 5.82 Å². The quantitative estimate of drug-likeness (QED) is 0.872. The summed E-state index contributed by atoms with van der Waals surface area (Å²) in [4.78, 5) is 2.54. The van der Waals surface area contributed by atoms with E-state index in [1.165, 1.54) is 50.6 Å². The molecule has 2 nitrogen and oxygen atoms in total. The van der Waals surface area contributed by atoms with Gasteiger partial charge in [-0.05, 0) is 55.9 Å². The molecule has 1 aromatic rings. The van der Waals surface area contributed by atoms with Gasteiger partial charge in [0.05, 0.1) is 0 Å². The number of benzene rings is 1. The lowest BCUT2D eigenvalue weighted by atomic mass is 10.0. The van der Waals surface area contributed by atoms with Crippen molar-refractivity contribution in [3.05, 3.63) is 29.6 Å². The van der Waals surface area contributed by atoms with Crippen LogP contribution >= 0.6 is 0 Å². The van der Waals surface area contributed by atoms with E-state index in [-0.39, 0.29) is 5.82 Å². The average Bonchev–Trinajstić information content (AvgIpc) is 3.32. The van der Waals surface area contributed by atoms with Gasteiger partial charge in [0.2, 0.25) is 0 Å². The van der Waals surface area contributed by atoms with Gasteiger partial charge in [0.25, 0.3) is 0 Å². The smallest absolute Gasteiger partial charge is 0.123 e. The first kappa shape index (κ1) is 14.8. The Hall–Kier alpha value is -1.09. The Morgan fingerprint density at radius 3 is 2.81 bits per heavy atom. The Labute approximate surface area is 127 Å². The predicted octanol–water partition coefficient (Wildman–Crippen LogP) is 4.24. The highest BCUT2D eigenvalue weighted by molar-refractivity contribution is 5.55. The van der Waals surface area contributed by atoms with Gasteiger partial charge >= 0.3 is 0 Å². The number of anilines is 1. The van der Waals surface area contributed by atoms with Crippen molar-refractivity contribution < 1.29 is 4.39 Å². The highest BCUT2D eigenvalue weighted by atomic mass is 19.1. The van der Waals surface area contributed by atoms with E-state index in [2.05, 4.69) is 17.1 Å². The molecule has 0 amide bonds. The van der Waals surface area contributed by atoms with Crippen molar-refractivity contribution in [2.75, 3.05) is 11.4 Å². The lowest BCUT2D eigenvalue weighted by Crippen LogP contribution is -2.35. The molecule has 1 aliphatic carbocycles. The highest BCUT2D eigenvalue weighted by Gasteiger charge is 2.24. The summed E-state index contributed by atoms with van der Waals surface area (Å²) in [5.74, 6) is -0.116. The van der Waals surface area contributed by atoms with E-state index in [0.29, 0.717) is 12.1 Å². The maximum absolute atomic E-state index is 13.7. The van der Waals surface area contributed by atoms with Crippen LogP contribution in [0.2, 0.25) is 0 Å². The molecule has 1 atom stereocenters. The summed E-state index contributed by atoms with van der Waals surface area (Å²) in [6.07, 6.45) is 8.88. The van der Waals surface area contributed by atoms with E-state index in [1.54, 1.807) is 12.1 Å². The van der Waals surface area contributed by atoms with Gasteiger partial charge in [-0.1, -0.05) is 19.8 Å². The lowest BCUT2D eigenvalue weighted by molar-refractivity contribution is 0.552. The second-order valence-corrected chi connectivity index (χ2v) is 6.53. The lowest BCUT2D eigenvalue weighted by Gasteiger charge is -2.33. The van der Waals surface area contributed by atoms with Crippen molar-refractivity contribution in [2.45, 2.75) is 70.5 Å². The molecule has 0 aromatic heterocycles. The van der Waals surface area contributed by atoms with Crippen LogP contribution in [0.25, 0.3) is 0 Å². The van der Waals surface area contributed by atoms with Gasteiger partial charge in [-0.25, -0.2) is 4.39 Å². The second-order valence-electron chi connectivity index (χ2n) is 6.53. The third-order valence-electron chi connectivity index (χ3n) is 4.86. The fourth-order valence-electron chi connectivity index (χ4n) is 3.44. The SMILES string of the molecule is CCC1CCCCCN1c1ccc(F)cc1CNC1CC1. The zero-order valence-corrected chi connectivity index (χ0v) is 13.1. The van der Waals surface area contributed by atoms with Gasteiger partial charge in [-0.15, -0.1) is 0 Å². The molecular formula is C18H27FN2. The Morgan fingerprint density at radius 1 is 1.19 bits per heavy atom. The molecule has 0 radical (unpaired) electrons. The summed E-state index contributed by atoms with van der Waals surface area (Å²) >= 11 is 0. The molecule has 3 heteroatoms. The average molecular weight is 290 g/mol. The normalized spacial score (nSPS) is 23.1. The maximum atomic E-state index is 13.7. The van der Waals surface area contributed by atoms with Crippen molar-refractivity contribution >= 4 is 5.69 Å². The van der Waals surface area contributed by atoms with Crippen molar-refractivity contribution in [3.63, 3.8) is 0 Å². The Morgan fingerprint density at radius 2 is 2.05 bits per heavy atom. The maximum Gasteiger partial charge on any atom is 0.123 e. The minimum atomic E-state index is -0.116. The van der Waals surface area contributed by atoms with E-state index in [0.717, 1.165) is 18.7 Å². The number of halogens is 1. The first-order valence-electron chi connectivity index (χ1n) is 8.56. The van der Waals surface area contributed by atoms with E-state index in [4.69, 9.17) is 0 Å². The molecule has 1 saturated heterocycles. The summed E-state index contributed by atoms with van der Waals surface area (Å²) < 4.78 is 13.7. The van der Waals surface area contributed by atoms with Crippen LogP contribution < -0.4 is 10.2 Å². The molecule has 2 aliphatic rings. The molecule has 1 aliphatic heterocycles. The molecule has 21 heavy (non-hydrogen) atoms.